The van der Waals surface area contributed by atoms with Crippen LogP contribution in [0.1, 0.15) is 18.1 Å². The first-order valence-corrected chi connectivity index (χ1v) is 10.8. The van der Waals surface area contributed by atoms with Gasteiger partial charge in [-0.2, -0.15) is 0 Å². The number of carbonyl (C=O) groups excluding carboxylic acids is 1. The van der Waals surface area contributed by atoms with E-state index in [4.69, 9.17) is 9.84 Å². The van der Waals surface area contributed by atoms with E-state index in [0.717, 1.165) is 39.0 Å². The van der Waals surface area contributed by atoms with Crippen molar-refractivity contribution >= 4 is 16.9 Å². The number of likely N-dealkylation sites (N-methyl/N-ethyl adjacent to an activating group) is 1. The topological polar surface area (TPSA) is 98.7 Å². The smallest absolute Gasteiger partial charge is 0.255 e. The van der Waals surface area contributed by atoms with Crippen molar-refractivity contribution in [1.29, 1.82) is 0 Å². The number of hydrogen-bond acceptors (Lipinski definition) is 5. The van der Waals surface area contributed by atoms with Crippen molar-refractivity contribution in [2.45, 2.75) is 12.5 Å². The number of methoxy groups -OCH3 is 1. The van der Waals surface area contributed by atoms with Crippen molar-refractivity contribution in [1.82, 2.24) is 14.9 Å². The first-order valence-electron chi connectivity index (χ1n) is 10.8. The second kappa shape index (κ2) is 9.85. The number of carbonyl (C=O) groups is 1. The molecule has 0 saturated heterocycles. The summed E-state index contributed by atoms with van der Waals surface area (Å²) in [5.41, 5.74) is 4.93. The first kappa shape index (κ1) is 22.5. The minimum atomic E-state index is -1.28. The van der Waals surface area contributed by atoms with Crippen molar-refractivity contribution in [3.05, 3.63) is 72.6 Å². The molecule has 0 aliphatic carbocycles. The molecule has 3 N–H and O–H groups in total. The lowest BCUT2D eigenvalue weighted by atomic mass is 9.99. The number of nitrogens with zero attached hydrogens (tertiary/aromatic N) is 2. The Kier molecular flexibility index (Phi) is 6.72. The molecule has 1 atom stereocenters. The molecule has 0 fully saturated rings. The van der Waals surface area contributed by atoms with Crippen LogP contribution in [0.4, 0.5) is 0 Å². The molecule has 1 amide bonds. The highest BCUT2D eigenvalue weighted by atomic mass is 16.5. The van der Waals surface area contributed by atoms with Gasteiger partial charge in [-0.15, -0.1) is 0 Å². The molecule has 4 rings (SSSR count). The average Bonchev–Trinajstić information content (AvgIpc) is 3.29. The number of amides is 1. The average molecular weight is 446 g/mol. The van der Waals surface area contributed by atoms with Crippen LogP contribution in [0.2, 0.25) is 0 Å². The third kappa shape index (κ3) is 4.60. The summed E-state index contributed by atoms with van der Waals surface area (Å²) in [6, 6.07) is 17.1. The molecule has 2 aromatic heterocycles. The van der Waals surface area contributed by atoms with Crippen LogP contribution in [-0.2, 0) is 4.79 Å². The zero-order chi connectivity index (χ0) is 23.4. The Labute approximate surface area is 192 Å². The van der Waals surface area contributed by atoms with Crippen molar-refractivity contribution < 1.29 is 19.7 Å². The van der Waals surface area contributed by atoms with E-state index >= 15 is 0 Å². The summed E-state index contributed by atoms with van der Waals surface area (Å²) in [5, 5.41) is 20.6. The molecule has 4 aromatic rings. The molecule has 33 heavy (non-hydrogen) atoms. The van der Waals surface area contributed by atoms with Gasteiger partial charge in [0.15, 0.2) is 6.10 Å². The van der Waals surface area contributed by atoms with E-state index in [1.807, 2.05) is 48.7 Å². The van der Waals surface area contributed by atoms with E-state index in [2.05, 4.69) is 9.97 Å². The number of H-pyrrole nitrogens is 1. The largest absolute Gasteiger partial charge is 0.496 e. The molecule has 1 unspecified atom stereocenters. The van der Waals surface area contributed by atoms with Gasteiger partial charge in [-0.1, -0.05) is 36.4 Å². The number of aliphatic hydroxyl groups excluding tert-OH is 2. The fourth-order valence-electron chi connectivity index (χ4n) is 3.91. The molecule has 2 aromatic carbocycles. The molecular weight excluding hydrogens is 418 g/mol. The quantitative estimate of drug-likeness (QED) is 0.383. The van der Waals surface area contributed by atoms with Gasteiger partial charge in [0.25, 0.3) is 5.91 Å². The Balaban J connectivity index is 1.68. The molecule has 2 heterocycles. The van der Waals surface area contributed by atoms with Crippen LogP contribution in [0.15, 0.2) is 67.0 Å². The molecule has 0 radical (unpaired) electrons. The lowest BCUT2D eigenvalue weighted by Gasteiger charge is -2.20. The van der Waals surface area contributed by atoms with E-state index in [9.17, 15) is 9.90 Å². The molecule has 0 saturated carbocycles. The van der Waals surface area contributed by atoms with Crippen LogP contribution in [0, 0.1) is 0 Å². The number of aromatic nitrogens is 2. The van der Waals surface area contributed by atoms with Crippen molar-refractivity contribution in [3.8, 4) is 28.0 Å². The second-order valence-electron chi connectivity index (χ2n) is 7.89. The summed E-state index contributed by atoms with van der Waals surface area (Å²) in [6.07, 6.45) is 2.87. The van der Waals surface area contributed by atoms with Gasteiger partial charge in [0.2, 0.25) is 0 Å². The lowest BCUT2D eigenvalue weighted by Crippen LogP contribution is -2.32. The maximum absolute atomic E-state index is 12.6. The Hall–Kier alpha value is -3.68. The Morgan fingerprint density at radius 2 is 1.94 bits per heavy atom. The number of ether oxygens (including phenoxy) is 1. The van der Waals surface area contributed by atoms with Gasteiger partial charge in [-0.05, 0) is 35.7 Å². The molecule has 7 heteroatoms. The molecule has 0 spiro atoms. The van der Waals surface area contributed by atoms with Gasteiger partial charge in [0.1, 0.15) is 11.4 Å². The van der Waals surface area contributed by atoms with E-state index in [0.29, 0.717) is 18.5 Å². The SMILES string of the molecule is COc1ccccc1-c1c[nH]c2ncc(-c3cccc(C(O)C(=O)N(C)CCCO)c3)cc12. The number of para-hydroxylation sites is 1. The predicted octanol–water partition coefficient (Wildman–Crippen LogP) is 3.78. The summed E-state index contributed by atoms with van der Waals surface area (Å²) in [4.78, 5) is 21.8. The maximum atomic E-state index is 12.6. The summed E-state index contributed by atoms with van der Waals surface area (Å²) in [6.45, 7) is 0.376. The van der Waals surface area contributed by atoms with E-state index in [-0.39, 0.29) is 6.61 Å². The maximum Gasteiger partial charge on any atom is 0.255 e. The third-order valence-corrected chi connectivity index (χ3v) is 5.73. The fourth-order valence-corrected chi connectivity index (χ4v) is 3.91. The van der Waals surface area contributed by atoms with Crippen LogP contribution in [0.3, 0.4) is 0 Å². The minimum Gasteiger partial charge on any atom is -0.496 e. The van der Waals surface area contributed by atoms with Gasteiger partial charge in [0, 0.05) is 54.7 Å². The molecular formula is C26H27N3O4. The van der Waals surface area contributed by atoms with Gasteiger partial charge in [-0.3, -0.25) is 4.79 Å². The number of aliphatic hydroxyl groups is 2. The number of fused-ring (bicyclic) bond motifs is 1. The van der Waals surface area contributed by atoms with Gasteiger partial charge in [-0.25, -0.2) is 4.98 Å². The lowest BCUT2D eigenvalue weighted by molar-refractivity contribution is -0.139. The van der Waals surface area contributed by atoms with Gasteiger partial charge >= 0.3 is 0 Å². The molecule has 0 bridgehead atoms. The van der Waals surface area contributed by atoms with E-state index in [1.165, 1.54) is 4.90 Å². The van der Waals surface area contributed by atoms with Crippen molar-refractivity contribution in [3.63, 3.8) is 0 Å². The zero-order valence-electron chi connectivity index (χ0n) is 18.7. The highest BCUT2D eigenvalue weighted by Gasteiger charge is 2.21. The first-order chi connectivity index (χ1) is 16.0. The minimum absolute atomic E-state index is 0.00528. The Bertz CT molecular complexity index is 1270. The summed E-state index contributed by atoms with van der Waals surface area (Å²) in [5.74, 6) is 0.371. The summed E-state index contributed by atoms with van der Waals surface area (Å²) >= 11 is 0. The van der Waals surface area contributed by atoms with Gasteiger partial charge < -0.3 is 24.8 Å². The molecule has 7 nitrogen and oxygen atoms in total. The highest BCUT2D eigenvalue weighted by Crippen LogP contribution is 2.36. The normalized spacial score (nSPS) is 12.0. The highest BCUT2D eigenvalue weighted by molar-refractivity contribution is 5.97. The number of pyridine rings is 1. The Morgan fingerprint density at radius 1 is 1.12 bits per heavy atom. The van der Waals surface area contributed by atoms with Crippen LogP contribution < -0.4 is 4.74 Å². The molecule has 0 aliphatic heterocycles. The van der Waals surface area contributed by atoms with Crippen LogP contribution in [0.25, 0.3) is 33.3 Å². The molecule has 170 valence electrons. The van der Waals surface area contributed by atoms with E-state index < -0.39 is 12.0 Å². The predicted molar refractivity (Wildman–Crippen MR) is 128 cm³/mol. The number of rotatable bonds is 8. The standard InChI is InChI=1S/C26H27N3O4/c1-29(11-6-12-30)26(32)24(31)18-8-5-7-17(13-18)19-14-21-22(16-28-25(21)27-15-19)20-9-3-4-10-23(20)33-2/h3-5,7-10,13-16,24,30-31H,6,11-12H2,1-2H3,(H,27,28). The number of hydrogen-bond donors (Lipinski definition) is 3. The van der Waals surface area contributed by atoms with Crippen LogP contribution >= 0.6 is 0 Å². The second-order valence-corrected chi connectivity index (χ2v) is 7.89. The third-order valence-electron chi connectivity index (χ3n) is 5.73. The summed E-state index contributed by atoms with van der Waals surface area (Å²) in [7, 11) is 3.27. The number of nitrogens with one attached hydrogen (secondary N) is 1. The van der Waals surface area contributed by atoms with Crippen molar-refractivity contribution in [2.75, 3.05) is 27.3 Å². The number of aromatic amines is 1. The number of benzene rings is 2. The van der Waals surface area contributed by atoms with Crippen molar-refractivity contribution in [2.24, 2.45) is 0 Å². The van der Waals surface area contributed by atoms with Crippen LogP contribution in [-0.4, -0.2) is 58.3 Å². The van der Waals surface area contributed by atoms with E-state index in [1.54, 1.807) is 32.5 Å². The van der Waals surface area contributed by atoms with Crippen LogP contribution in [0.5, 0.6) is 5.75 Å². The Morgan fingerprint density at radius 3 is 2.73 bits per heavy atom. The zero-order valence-corrected chi connectivity index (χ0v) is 18.7. The summed E-state index contributed by atoms with van der Waals surface area (Å²) < 4.78 is 5.53. The fraction of sp³-hybridized carbons (Fsp3) is 0.231. The molecule has 0 aliphatic rings. The van der Waals surface area contributed by atoms with Gasteiger partial charge in [0.05, 0.1) is 7.11 Å². The monoisotopic (exact) mass is 445 g/mol.